The molecule has 1 aromatic heterocycles. The normalized spacial score (nSPS) is 17.4. The van der Waals surface area contributed by atoms with E-state index in [0.717, 1.165) is 38.2 Å². The number of carbonyl (C=O) groups is 1. The van der Waals surface area contributed by atoms with Crippen molar-refractivity contribution in [1.82, 2.24) is 15.2 Å². The number of nitrogens with zero attached hydrogens (tertiary/aromatic N) is 2. The monoisotopic (exact) mass is 262 g/mol. The van der Waals surface area contributed by atoms with Crippen LogP contribution in [0.3, 0.4) is 0 Å². The number of aromatic nitrogens is 1. The molecule has 104 valence electrons. The average Bonchev–Trinajstić information content (AvgIpc) is 2.42. The summed E-state index contributed by atoms with van der Waals surface area (Å²) >= 11 is 0. The Balaban J connectivity index is 1.86. The van der Waals surface area contributed by atoms with Crippen LogP contribution in [0.4, 0.5) is 0 Å². The summed E-state index contributed by atoms with van der Waals surface area (Å²) in [5.41, 5.74) is 7.00. The van der Waals surface area contributed by atoms with Crippen molar-refractivity contribution in [1.29, 1.82) is 0 Å². The zero-order valence-corrected chi connectivity index (χ0v) is 11.4. The number of piperidine rings is 1. The van der Waals surface area contributed by atoms with Gasteiger partial charge in [-0.3, -0.25) is 9.78 Å². The van der Waals surface area contributed by atoms with E-state index in [0.29, 0.717) is 12.1 Å². The van der Waals surface area contributed by atoms with E-state index in [2.05, 4.69) is 15.2 Å². The first-order chi connectivity index (χ1) is 9.20. The Hall–Kier alpha value is -1.46. The van der Waals surface area contributed by atoms with Crippen LogP contribution in [0.2, 0.25) is 0 Å². The number of hydrogen-bond acceptors (Lipinski definition) is 4. The fourth-order valence-electron chi connectivity index (χ4n) is 2.47. The van der Waals surface area contributed by atoms with Gasteiger partial charge in [-0.25, -0.2) is 0 Å². The van der Waals surface area contributed by atoms with Crippen LogP contribution in [0.1, 0.15) is 28.9 Å². The lowest BCUT2D eigenvalue weighted by Gasteiger charge is -2.32. The van der Waals surface area contributed by atoms with Gasteiger partial charge in [-0.15, -0.1) is 0 Å². The molecule has 5 nitrogen and oxygen atoms in total. The SMILES string of the molecule is Cc1ncccc1C(=O)NC1CCN(CCN)CC1. The van der Waals surface area contributed by atoms with Gasteiger partial charge in [-0.2, -0.15) is 0 Å². The van der Waals surface area contributed by atoms with Gasteiger partial charge in [0.15, 0.2) is 0 Å². The molecule has 0 aliphatic carbocycles. The fourth-order valence-corrected chi connectivity index (χ4v) is 2.47. The van der Waals surface area contributed by atoms with Crippen molar-refractivity contribution in [3.8, 4) is 0 Å². The molecule has 0 radical (unpaired) electrons. The summed E-state index contributed by atoms with van der Waals surface area (Å²) < 4.78 is 0. The van der Waals surface area contributed by atoms with Crippen LogP contribution in [0, 0.1) is 6.92 Å². The fraction of sp³-hybridized carbons (Fsp3) is 0.571. The lowest BCUT2D eigenvalue weighted by Crippen LogP contribution is -2.45. The second-order valence-electron chi connectivity index (χ2n) is 5.01. The molecule has 1 saturated heterocycles. The first kappa shape index (κ1) is 14.0. The zero-order chi connectivity index (χ0) is 13.7. The summed E-state index contributed by atoms with van der Waals surface area (Å²) in [7, 11) is 0. The largest absolute Gasteiger partial charge is 0.349 e. The average molecular weight is 262 g/mol. The lowest BCUT2D eigenvalue weighted by molar-refractivity contribution is 0.0911. The van der Waals surface area contributed by atoms with Crippen LogP contribution in [0.15, 0.2) is 18.3 Å². The van der Waals surface area contributed by atoms with E-state index in [1.807, 2.05) is 13.0 Å². The van der Waals surface area contributed by atoms with E-state index in [1.54, 1.807) is 12.3 Å². The molecule has 2 heterocycles. The van der Waals surface area contributed by atoms with Crippen LogP contribution in [0.25, 0.3) is 0 Å². The molecule has 1 aliphatic heterocycles. The highest BCUT2D eigenvalue weighted by Crippen LogP contribution is 2.11. The van der Waals surface area contributed by atoms with Crippen molar-refractivity contribution in [3.05, 3.63) is 29.6 Å². The lowest BCUT2D eigenvalue weighted by atomic mass is 10.0. The third kappa shape index (κ3) is 3.75. The molecule has 0 bridgehead atoms. The molecule has 0 atom stereocenters. The maximum atomic E-state index is 12.2. The summed E-state index contributed by atoms with van der Waals surface area (Å²) in [6.45, 7) is 5.52. The van der Waals surface area contributed by atoms with Crippen LogP contribution < -0.4 is 11.1 Å². The van der Waals surface area contributed by atoms with Crippen molar-refractivity contribution >= 4 is 5.91 Å². The van der Waals surface area contributed by atoms with Crippen molar-refractivity contribution in [3.63, 3.8) is 0 Å². The van der Waals surface area contributed by atoms with Crippen LogP contribution in [-0.4, -0.2) is 48.0 Å². The highest BCUT2D eigenvalue weighted by molar-refractivity contribution is 5.95. The molecular formula is C14H22N4O. The molecule has 0 aromatic carbocycles. The zero-order valence-electron chi connectivity index (χ0n) is 11.4. The number of carbonyl (C=O) groups excluding carboxylic acids is 1. The minimum Gasteiger partial charge on any atom is -0.349 e. The number of nitrogens with one attached hydrogen (secondary N) is 1. The van der Waals surface area contributed by atoms with Gasteiger partial charge in [0.1, 0.15) is 0 Å². The topological polar surface area (TPSA) is 71.2 Å². The molecule has 3 N–H and O–H groups in total. The summed E-state index contributed by atoms with van der Waals surface area (Å²) in [4.78, 5) is 18.6. The number of amides is 1. The predicted octanol–water partition coefficient (Wildman–Crippen LogP) is 0.543. The second kappa shape index (κ2) is 6.63. The standard InChI is InChI=1S/C14H22N4O/c1-11-13(3-2-7-16-11)14(19)17-12-4-8-18(9-5-12)10-6-15/h2-3,7,12H,4-6,8-10,15H2,1H3,(H,17,19). The van der Waals surface area contributed by atoms with E-state index >= 15 is 0 Å². The van der Waals surface area contributed by atoms with E-state index in [1.165, 1.54) is 0 Å². The van der Waals surface area contributed by atoms with Crippen LogP contribution >= 0.6 is 0 Å². The van der Waals surface area contributed by atoms with E-state index in [-0.39, 0.29) is 11.9 Å². The predicted molar refractivity (Wildman–Crippen MR) is 75.0 cm³/mol. The van der Waals surface area contributed by atoms with Gasteiger partial charge in [-0.1, -0.05) is 0 Å². The van der Waals surface area contributed by atoms with Gasteiger partial charge < -0.3 is 16.0 Å². The van der Waals surface area contributed by atoms with Crippen molar-refractivity contribution in [2.75, 3.05) is 26.2 Å². The summed E-state index contributed by atoms with van der Waals surface area (Å²) in [5, 5.41) is 3.10. The molecule has 0 unspecified atom stereocenters. The van der Waals surface area contributed by atoms with Gasteiger partial charge in [0.2, 0.25) is 0 Å². The number of hydrogen-bond donors (Lipinski definition) is 2. The highest BCUT2D eigenvalue weighted by Gasteiger charge is 2.21. The molecule has 1 aliphatic rings. The number of pyridine rings is 1. The molecule has 1 fully saturated rings. The van der Waals surface area contributed by atoms with Crippen molar-refractivity contribution in [2.45, 2.75) is 25.8 Å². The number of aryl methyl sites for hydroxylation is 1. The summed E-state index contributed by atoms with van der Waals surface area (Å²) in [6, 6.07) is 3.88. The third-order valence-corrected chi connectivity index (χ3v) is 3.62. The molecule has 0 saturated carbocycles. The molecule has 0 spiro atoms. The smallest absolute Gasteiger partial charge is 0.253 e. The van der Waals surface area contributed by atoms with E-state index < -0.39 is 0 Å². The van der Waals surface area contributed by atoms with Gasteiger partial charge in [0.25, 0.3) is 5.91 Å². The Kier molecular flexibility index (Phi) is 4.87. The molecule has 1 aromatic rings. The molecular weight excluding hydrogens is 240 g/mol. The maximum absolute atomic E-state index is 12.2. The van der Waals surface area contributed by atoms with Gasteiger partial charge >= 0.3 is 0 Å². The minimum absolute atomic E-state index is 0.0112. The Morgan fingerprint density at radius 3 is 2.89 bits per heavy atom. The van der Waals surface area contributed by atoms with E-state index in [9.17, 15) is 4.79 Å². The Bertz CT molecular complexity index is 427. The first-order valence-corrected chi connectivity index (χ1v) is 6.85. The number of likely N-dealkylation sites (tertiary alicyclic amines) is 1. The van der Waals surface area contributed by atoms with Crippen molar-refractivity contribution in [2.24, 2.45) is 5.73 Å². The molecule has 19 heavy (non-hydrogen) atoms. The summed E-state index contributed by atoms with van der Waals surface area (Å²) in [5.74, 6) is -0.0112. The summed E-state index contributed by atoms with van der Waals surface area (Å²) in [6.07, 6.45) is 3.69. The van der Waals surface area contributed by atoms with Gasteiger partial charge in [-0.05, 0) is 31.9 Å². The Morgan fingerprint density at radius 1 is 1.53 bits per heavy atom. The number of nitrogens with two attached hydrogens (primary N) is 1. The number of rotatable bonds is 4. The van der Waals surface area contributed by atoms with Crippen LogP contribution in [-0.2, 0) is 0 Å². The Morgan fingerprint density at radius 2 is 2.26 bits per heavy atom. The highest BCUT2D eigenvalue weighted by atomic mass is 16.1. The molecule has 5 heteroatoms. The van der Waals surface area contributed by atoms with Crippen molar-refractivity contribution < 1.29 is 4.79 Å². The minimum atomic E-state index is -0.0112. The Labute approximate surface area is 114 Å². The maximum Gasteiger partial charge on any atom is 0.253 e. The van der Waals surface area contributed by atoms with Gasteiger partial charge in [0, 0.05) is 44.1 Å². The molecule has 1 amide bonds. The molecule has 2 rings (SSSR count). The quantitative estimate of drug-likeness (QED) is 0.831. The first-order valence-electron chi connectivity index (χ1n) is 6.85. The third-order valence-electron chi connectivity index (χ3n) is 3.62. The van der Waals surface area contributed by atoms with Crippen LogP contribution in [0.5, 0.6) is 0 Å². The van der Waals surface area contributed by atoms with E-state index in [4.69, 9.17) is 5.73 Å². The second-order valence-corrected chi connectivity index (χ2v) is 5.01. The van der Waals surface area contributed by atoms with Gasteiger partial charge in [0.05, 0.1) is 5.56 Å².